The van der Waals surface area contributed by atoms with Gasteiger partial charge in [0.1, 0.15) is 18.3 Å². The average molecular weight is 485 g/mol. The second-order valence-corrected chi connectivity index (χ2v) is 9.65. The lowest BCUT2D eigenvalue weighted by atomic mass is 9.95. The first-order valence-corrected chi connectivity index (χ1v) is 12.2. The Morgan fingerprint density at radius 3 is 2.57 bits per heavy atom. The topological polar surface area (TPSA) is 121 Å². The summed E-state index contributed by atoms with van der Waals surface area (Å²) in [6.07, 6.45) is 1.99. The fraction of sp³-hybridized carbons (Fsp3) is 0.538. The summed E-state index contributed by atoms with van der Waals surface area (Å²) in [5, 5.41) is 6.51. The van der Waals surface area contributed by atoms with Crippen LogP contribution in [0.25, 0.3) is 10.9 Å². The third-order valence-electron chi connectivity index (χ3n) is 6.54. The fourth-order valence-corrected chi connectivity index (χ4v) is 4.45. The molecule has 0 saturated carbocycles. The van der Waals surface area contributed by atoms with Crippen LogP contribution in [0.5, 0.6) is 0 Å². The first kappa shape index (κ1) is 26.4. The largest absolute Gasteiger partial charge is 0.377 e. The molecule has 0 radical (unpaired) electrons. The van der Waals surface area contributed by atoms with Crippen molar-refractivity contribution in [2.75, 3.05) is 27.3 Å². The van der Waals surface area contributed by atoms with E-state index in [9.17, 15) is 19.2 Å². The van der Waals surface area contributed by atoms with Crippen LogP contribution in [0.15, 0.2) is 30.3 Å². The molecule has 0 spiro atoms. The first-order valence-electron chi connectivity index (χ1n) is 12.2. The maximum atomic E-state index is 13.5. The van der Waals surface area contributed by atoms with Crippen molar-refractivity contribution in [1.82, 2.24) is 20.5 Å². The van der Waals surface area contributed by atoms with Crippen molar-refractivity contribution in [3.8, 4) is 0 Å². The van der Waals surface area contributed by atoms with Gasteiger partial charge in [-0.1, -0.05) is 32.0 Å². The van der Waals surface area contributed by atoms with Gasteiger partial charge in [0.2, 0.25) is 11.8 Å². The van der Waals surface area contributed by atoms with Crippen molar-refractivity contribution >= 4 is 34.4 Å². The van der Waals surface area contributed by atoms with E-state index in [-0.39, 0.29) is 36.5 Å². The number of hydrogen-bond donors (Lipinski definition) is 3. The molecule has 1 unspecified atom stereocenters. The summed E-state index contributed by atoms with van der Waals surface area (Å²) >= 11 is 0. The van der Waals surface area contributed by atoms with Crippen LogP contribution in [0.4, 0.5) is 0 Å². The van der Waals surface area contributed by atoms with Gasteiger partial charge in [0, 0.05) is 37.5 Å². The lowest BCUT2D eigenvalue weighted by Crippen LogP contribution is -2.53. The van der Waals surface area contributed by atoms with E-state index in [1.807, 2.05) is 24.3 Å². The van der Waals surface area contributed by atoms with E-state index >= 15 is 0 Å². The molecule has 1 fully saturated rings. The van der Waals surface area contributed by atoms with Crippen LogP contribution >= 0.6 is 0 Å². The van der Waals surface area contributed by atoms with Gasteiger partial charge in [0.15, 0.2) is 5.78 Å². The van der Waals surface area contributed by atoms with Gasteiger partial charge in [-0.3, -0.25) is 19.2 Å². The standard InChI is InChI=1S/C26H36N4O5/c1-16(2)9-10-22(30(3)26(34)21-13-17-7-5-6-8-19(17)28-21)25(33)29-20(23(31)15-35-4)14-18-11-12-27-24(18)32/h5-8,13,16,18,20,22,28H,9-12,14-15H2,1-4H3,(H,27,32)(H,29,33)/t18-,20-,22?/m0/s1. The lowest BCUT2D eigenvalue weighted by molar-refractivity contribution is -0.133. The molecular formula is C26H36N4O5. The predicted octanol–water partition coefficient (Wildman–Crippen LogP) is 2.27. The third-order valence-corrected chi connectivity index (χ3v) is 6.54. The number of H-pyrrole nitrogens is 1. The van der Waals surface area contributed by atoms with Crippen LogP contribution in [0.3, 0.4) is 0 Å². The van der Waals surface area contributed by atoms with E-state index in [0.717, 1.165) is 17.3 Å². The second-order valence-electron chi connectivity index (χ2n) is 9.65. The van der Waals surface area contributed by atoms with E-state index in [1.54, 1.807) is 13.1 Å². The summed E-state index contributed by atoms with van der Waals surface area (Å²) in [4.78, 5) is 56.2. The highest BCUT2D eigenvalue weighted by molar-refractivity contribution is 6.00. The van der Waals surface area contributed by atoms with Gasteiger partial charge in [0.05, 0.1) is 6.04 Å². The monoisotopic (exact) mass is 484 g/mol. The van der Waals surface area contributed by atoms with Crippen molar-refractivity contribution in [2.24, 2.45) is 11.8 Å². The van der Waals surface area contributed by atoms with Gasteiger partial charge in [-0.15, -0.1) is 0 Å². The number of amides is 3. The number of nitrogens with zero attached hydrogens (tertiary/aromatic N) is 1. The van der Waals surface area contributed by atoms with Crippen LogP contribution in [-0.2, 0) is 19.1 Å². The third kappa shape index (κ3) is 6.69. The number of aromatic nitrogens is 1. The van der Waals surface area contributed by atoms with Gasteiger partial charge in [-0.05, 0) is 43.7 Å². The molecule has 9 nitrogen and oxygen atoms in total. The molecule has 1 aliphatic rings. The Balaban J connectivity index is 1.80. The van der Waals surface area contributed by atoms with Gasteiger partial charge in [-0.25, -0.2) is 0 Å². The molecule has 3 amide bonds. The maximum absolute atomic E-state index is 13.5. The Labute approximate surface area is 206 Å². The molecule has 9 heteroatoms. The maximum Gasteiger partial charge on any atom is 0.270 e. The number of benzene rings is 1. The first-order chi connectivity index (χ1) is 16.7. The molecule has 1 saturated heterocycles. The molecule has 35 heavy (non-hydrogen) atoms. The number of likely N-dealkylation sites (N-methyl/N-ethyl adjacent to an activating group) is 1. The van der Waals surface area contributed by atoms with Crippen LogP contribution in [0.1, 0.15) is 50.0 Å². The second kappa shape index (κ2) is 12.0. The van der Waals surface area contributed by atoms with Gasteiger partial charge in [-0.2, -0.15) is 0 Å². The summed E-state index contributed by atoms with van der Waals surface area (Å²) in [6, 6.07) is 7.72. The Bertz CT molecular complexity index is 1030. The van der Waals surface area contributed by atoms with Crippen LogP contribution in [0, 0.1) is 11.8 Å². The SMILES string of the molecule is COCC(=O)[C@H](C[C@@H]1CCNC1=O)NC(=O)C(CCC(C)C)N(C)C(=O)c1cc2ccccc2[nH]1. The van der Waals surface area contributed by atoms with Crippen LogP contribution in [-0.4, -0.2) is 72.8 Å². The van der Waals surface area contributed by atoms with E-state index in [1.165, 1.54) is 12.0 Å². The molecule has 3 atom stereocenters. The average Bonchev–Trinajstić information content (AvgIpc) is 3.44. The zero-order valence-electron chi connectivity index (χ0n) is 20.9. The Morgan fingerprint density at radius 2 is 1.94 bits per heavy atom. The number of aromatic amines is 1. The summed E-state index contributed by atoms with van der Waals surface area (Å²) in [5.74, 6) is -1.15. The number of rotatable bonds is 12. The van der Waals surface area contributed by atoms with E-state index in [0.29, 0.717) is 31.0 Å². The van der Waals surface area contributed by atoms with Crippen LogP contribution in [0.2, 0.25) is 0 Å². The fourth-order valence-electron chi connectivity index (χ4n) is 4.45. The molecule has 3 N–H and O–H groups in total. The zero-order chi connectivity index (χ0) is 25.5. The highest BCUT2D eigenvalue weighted by atomic mass is 16.5. The van der Waals surface area contributed by atoms with Gasteiger partial charge >= 0.3 is 0 Å². The minimum absolute atomic E-state index is 0.114. The molecule has 2 heterocycles. The number of carbonyl (C=O) groups is 4. The molecular weight excluding hydrogens is 448 g/mol. The number of nitrogens with one attached hydrogen (secondary N) is 3. The van der Waals surface area contributed by atoms with Gasteiger partial charge in [0.25, 0.3) is 5.91 Å². The number of methoxy groups -OCH3 is 1. The Morgan fingerprint density at radius 1 is 1.20 bits per heavy atom. The summed E-state index contributed by atoms with van der Waals surface area (Å²) in [6.45, 7) is 4.50. The highest BCUT2D eigenvalue weighted by Crippen LogP contribution is 2.20. The number of fused-ring (bicyclic) bond motifs is 1. The van der Waals surface area contributed by atoms with E-state index in [4.69, 9.17) is 4.74 Å². The molecule has 2 aromatic rings. The molecule has 3 rings (SSSR count). The number of ether oxygens (including phenoxy) is 1. The Kier molecular flexibility index (Phi) is 9.03. The lowest BCUT2D eigenvalue weighted by Gasteiger charge is -2.30. The summed E-state index contributed by atoms with van der Waals surface area (Å²) in [5.41, 5.74) is 1.23. The minimum atomic E-state index is -0.866. The van der Waals surface area contributed by atoms with Crippen molar-refractivity contribution in [1.29, 1.82) is 0 Å². The smallest absolute Gasteiger partial charge is 0.270 e. The van der Waals surface area contributed by atoms with Crippen LogP contribution < -0.4 is 10.6 Å². The number of Topliss-reactive ketones (excluding diaryl/α,β-unsaturated/α-hetero) is 1. The van der Waals surface area contributed by atoms with Crippen molar-refractivity contribution in [3.05, 3.63) is 36.0 Å². The summed E-state index contributed by atoms with van der Waals surface area (Å²) < 4.78 is 5.00. The number of hydrogen-bond acceptors (Lipinski definition) is 5. The summed E-state index contributed by atoms with van der Waals surface area (Å²) in [7, 11) is 3.02. The van der Waals surface area contributed by atoms with E-state index < -0.39 is 18.0 Å². The van der Waals surface area contributed by atoms with E-state index in [2.05, 4.69) is 29.5 Å². The highest BCUT2D eigenvalue weighted by Gasteiger charge is 2.34. The Hall–Kier alpha value is -3.20. The minimum Gasteiger partial charge on any atom is -0.377 e. The number of carbonyl (C=O) groups excluding carboxylic acids is 4. The molecule has 1 aliphatic heterocycles. The molecule has 1 aromatic carbocycles. The molecule has 190 valence electrons. The van der Waals surface area contributed by atoms with Crippen molar-refractivity contribution in [3.63, 3.8) is 0 Å². The van der Waals surface area contributed by atoms with Gasteiger partial charge < -0.3 is 25.3 Å². The van der Waals surface area contributed by atoms with Crippen molar-refractivity contribution < 1.29 is 23.9 Å². The molecule has 1 aromatic heterocycles. The molecule has 0 aliphatic carbocycles. The number of ketones is 1. The quantitative estimate of drug-likeness (QED) is 0.427. The normalized spacial score (nSPS) is 17.3. The molecule has 0 bridgehead atoms. The predicted molar refractivity (Wildman–Crippen MR) is 133 cm³/mol. The zero-order valence-corrected chi connectivity index (χ0v) is 20.9. The van der Waals surface area contributed by atoms with Crippen molar-refractivity contribution in [2.45, 2.75) is 51.6 Å². The number of para-hydroxylation sites is 1.